The van der Waals surface area contributed by atoms with Crippen LogP contribution in [0.25, 0.3) is 10.0 Å². The number of nitrogens with one attached hydrogen (secondary N) is 1. The minimum atomic E-state index is 0.373. The molecule has 0 bridgehead atoms. The van der Waals surface area contributed by atoms with Crippen molar-refractivity contribution >= 4 is 22.7 Å². The molecule has 16 heavy (non-hydrogen) atoms. The van der Waals surface area contributed by atoms with E-state index in [1.54, 1.807) is 22.7 Å². The summed E-state index contributed by atoms with van der Waals surface area (Å²) in [6.07, 6.45) is 1.95. The summed E-state index contributed by atoms with van der Waals surface area (Å²) in [5.41, 5.74) is 1.07. The van der Waals surface area contributed by atoms with Gasteiger partial charge in [0.1, 0.15) is 0 Å². The van der Waals surface area contributed by atoms with Crippen molar-refractivity contribution in [1.29, 1.82) is 0 Å². The molecular formula is C11H15N3S2. The SMILES string of the molecule is CCNC(C)c1cnc(-c2nc(C)cs2)s1. The van der Waals surface area contributed by atoms with Gasteiger partial charge < -0.3 is 5.32 Å². The van der Waals surface area contributed by atoms with Crippen LogP contribution < -0.4 is 5.32 Å². The first-order valence-corrected chi connectivity index (χ1v) is 7.02. The smallest absolute Gasteiger partial charge is 0.152 e. The highest BCUT2D eigenvalue weighted by Crippen LogP contribution is 2.30. The summed E-state index contributed by atoms with van der Waals surface area (Å²) in [4.78, 5) is 10.1. The van der Waals surface area contributed by atoms with Gasteiger partial charge in [0.2, 0.25) is 0 Å². The second-order valence-electron chi connectivity index (χ2n) is 3.64. The molecule has 5 heteroatoms. The average molecular weight is 253 g/mol. The van der Waals surface area contributed by atoms with E-state index >= 15 is 0 Å². The lowest BCUT2D eigenvalue weighted by Gasteiger charge is -2.07. The molecule has 0 spiro atoms. The molecule has 2 aromatic rings. The molecule has 2 heterocycles. The highest BCUT2D eigenvalue weighted by atomic mass is 32.1. The summed E-state index contributed by atoms with van der Waals surface area (Å²) in [5.74, 6) is 0. The Labute approximate surface area is 104 Å². The number of aromatic nitrogens is 2. The first-order valence-electron chi connectivity index (χ1n) is 5.32. The third-order valence-corrected chi connectivity index (χ3v) is 4.55. The molecule has 3 nitrogen and oxygen atoms in total. The van der Waals surface area contributed by atoms with E-state index in [0.717, 1.165) is 22.3 Å². The number of hydrogen-bond donors (Lipinski definition) is 1. The van der Waals surface area contributed by atoms with Crippen molar-refractivity contribution < 1.29 is 0 Å². The third kappa shape index (κ3) is 2.48. The Morgan fingerprint density at radius 1 is 1.44 bits per heavy atom. The van der Waals surface area contributed by atoms with Crippen molar-refractivity contribution in [2.75, 3.05) is 6.54 Å². The van der Waals surface area contributed by atoms with E-state index in [1.807, 2.05) is 13.1 Å². The fourth-order valence-electron chi connectivity index (χ4n) is 1.44. The molecule has 0 aliphatic carbocycles. The minimum Gasteiger partial charge on any atom is -0.310 e. The first kappa shape index (κ1) is 11.7. The Morgan fingerprint density at radius 2 is 2.25 bits per heavy atom. The van der Waals surface area contributed by atoms with Crippen LogP contribution in [0.15, 0.2) is 11.6 Å². The molecule has 0 saturated carbocycles. The van der Waals surface area contributed by atoms with Gasteiger partial charge in [0, 0.05) is 28.2 Å². The number of thiazole rings is 2. The van der Waals surface area contributed by atoms with E-state index in [9.17, 15) is 0 Å². The van der Waals surface area contributed by atoms with Crippen molar-refractivity contribution in [3.63, 3.8) is 0 Å². The average Bonchev–Trinajstić information content (AvgIpc) is 2.85. The maximum absolute atomic E-state index is 4.45. The molecule has 1 atom stereocenters. The summed E-state index contributed by atoms with van der Waals surface area (Å²) in [6, 6.07) is 0.373. The quantitative estimate of drug-likeness (QED) is 0.909. The van der Waals surface area contributed by atoms with Crippen LogP contribution in [0.4, 0.5) is 0 Å². The van der Waals surface area contributed by atoms with Crippen LogP contribution in [0.5, 0.6) is 0 Å². The number of rotatable bonds is 4. The molecule has 0 aromatic carbocycles. The van der Waals surface area contributed by atoms with Crippen LogP contribution in [-0.4, -0.2) is 16.5 Å². The Balaban J connectivity index is 2.19. The predicted molar refractivity (Wildman–Crippen MR) is 70.1 cm³/mol. The lowest BCUT2D eigenvalue weighted by Crippen LogP contribution is -2.16. The number of aryl methyl sites for hydroxylation is 1. The van der Waals surface area contributed by atoms with Crippen LogP contribution >= 0.6 is 22.7 Å². The van der Waals surface area contributed by atoms with Gasteiger partial charge in [-0.25, -0.2) is 9.97 Å². The monoisotopic (exact) mass is 253 g/mol. The number of hydrogen-bond acceptors (Lipinski definition) is 5. The Kier molecular flexibility index (Phi) is 3.68. The predicted octanol–water partition coefficient (Wildman–Crippen LogP) is 3.25. The normalized spacial score (nSPS) is 12.9. The van der Waals surface area contributed by atoms with E-state index < -0.39 is 0 Å². The number of nitrogens with zero attached hydrogens (tertiary/aromatic N) is 2. The fraction of sp³-hybridized carbons (Fsp3) is 0.455. The van der Waals surface area contributed by atoms with Crippen LogP contribution in [0.2, 0.25) is 0 Å². The van der Waals surface area contributed by atoms with Gasteiger partial charge >= 0.3 is 0 Å². The lowest BCUT2D eigenvalue weighted by molar-refractivity contribution is 0.606. The largest absolute Gasteiger partial charge is 0.310 e. The summed E-state index contributed by atoms with van der Waals surface area (Å²) < 4.78 is 0. The molecule has 1 unspecified atom stereocenters. The zero-order valence-electron chi connectivity index (χ0n) is 9.65. The molecule has 86 valence electrons. The van der Waals surface area contributed by atoms with Gasteiger partial charge in [0.05, 0.1) is 0 Å². The van der Waals surface area contributed by atoms with E-state index in [2.05, 4.69) is 34.5 Å². The van der Waals surface area contributed by atoms with E-state index in [-0.39, 0.29) is 0 Å². The van der Waals surface area contributed by atoms with E-state index in [0.29, 0.717) is 6.04 Å². The van der Waals surface area contributed by atoms with Gasteiger partial charge in [0.25, 0.3) is 0 Å². The lowest BCUT2D eigenvalue weighted by atomic mass is 10.3. The molecule has 0 aliphatic rings. The maximum atomic E-state index is 4.45. The third-order valence-electron chi connectivity index (χ3n) is 2.26. The summed E-state index contributed by atoms with van der Waals surface area (Å²) in [6.45, 7) is 7.26. The second-order valence-corrected chi connectivity index (χ2v) is 5.56. The van der Waals surface area contributed by atoms with Gasteiger partial charge in [-0.15, -0.1) is 22.7 Å². The molecular weight excluding hydrogens is 238 g/mol. The van der Waals surface area contributed by atoms with Gasteiger partial charge in [-0.05, 0) is 20.4 Å². The highest BCUT2D eigenvalue weighted by Gasteiger charge is 2.11. The van der Waals surface area contributed by atoms with Gasteiger partial charge in [-0.1, -0.05) is 6.92 Å². The molecule has 1 N–H and O–H groups in total. The molecule has 0 aliphatic heterocycles. The summed E-state index contributed by atoms with van der Waals surface area (Å²) in [5, 5.41) is 7.50. The van der Waals surface area contributed by atoms with Crippen LogP contribution in [0, 0.1) is 6.92 Å². The van der Waals surface area contributed by atoms with Crippen molar-refractivity contribution in [1.82, 2.24) is 15.3 Å². The molecule has 0 amide bonds. The highest BCUT2D eigenvalue weighted by molar-refractivity contribution is 7.20. The first-order chi connectivity index (χ1) is 7.70. The van der Waals surface area contributed by atoms with Gasteiger partial charge in [-0.3, -0.25) is 0 Å². The van der Waals surface area contributed by atoms with Crippen LogP contribution in [0.3, 0.4) is 0 Å². The van der Waals surface area contributed by atoms with Crippen molar-refractivity contribution in [3.8, 4) is 10.0 Å². The molecule has 2 aromatic heterocycles. The van der Waals surface area contributed by atoms with Crippen LogP contribution in [-0.2, 0) is 0 Å². The molecule has 0 fully saturated rings. The van der Waals surface area contributed by atoms with E-state index in [4.69, 9.17) is 0 Å². The van der Waals surface area contributed by atoms with Crippen LogP contribution in [0.1, 0.15) is 30.5 Å². The Morgan fingerprint density at radius 3 is 2.88 bits per heavy atom. The second kappa shape index (κ2) is 5.03. The zero-order chi connectivity index (χ0) is 11.5. The minimum absolute atomic E-state index is 0.373. The van der Waals surface area contributed by atoms with Crippen molar-refractivity contribution in [2.24, 2.45) is 0 Å². The zero-order valence-corrected chi connectivity index (χ0v) is 11.3. The summed E-state index contributed by atoms with van der Waals surface area (Å²) in [7, 11) is 0. The Hall–Kier alpha value is -0.780. The molecule has 2 rings (SSSR count). The van der Waals surface area contributed by atoms with E-state index in [1.165, 1.54) is 4.88 Å². The maximum Gasteiger partial charge on any atom is 0.152 e. The fourth-order valence-corrected chi connectivity index (χ4v) is 3.23. The molecule has 0 radical (unpaired) electrons. The van der Waals surface area contributed by atoms with Gasteiger partial charge in [-0.2, -0.15) is 0 Å². The van der Waals surface area contributed by atoms with Crippen molar-refractivity contribution in [3.05, 3.63) is 22.1 Å². The standard InChI is InChI=1S/C11H15N3S2/c1-4-12-8(3)9-5-13-10(16-9)11-14-7(2)6-15-11/h5-6,8,12H,4H2,1-3H3. The topological polar surface area (TPSA) is 37.8 Å². The summed E-state index contributed by atoms with van der Waals surface area (Å²) >= 11 is 3.38. The van der Waals surface area contributed by atoms with Crippen molar-refractivity contribution in [2.45, 2.75) is 26.8 Å². The Bertz CT molecular complexity index is 461. The molecule has 0 saturated heterocycles. The van der Waals surface area contributed by atoms with Gasteiger partial charge in [0.15, 0.2) is 10.0 Å².